The molecule has 2 nitrogen and oxygen atoms in total. The van der Waals surface area contributed by atoms with Gasteiger partial charge in [0.05, 0.1) is 15.7 Å². The van der Waals surface area contributed by atoms with Crippen LogP contribution in [0.25, 0.3) is 70.3 Å². The van der Waals surface area contributed by atoms with Crippen LogP contribution in [0.1, 0.15) is 0 Å². The molecule has 0 aliphatic heterocycles. The molecule has 0 N–H and O–H groups in total. The molecule has 10 aromatic rings. The first kappa shape index (κ1) is 31.1. The summed E-state index contributed by atoms with van der Waals surface area (Å²) in [5.41, 5.74) is 14.4. The van der Waals surface area contributed by atoms with E-state index in [0.29, 0.717) is 0 Å². The van der Waals surface area contributed by atoms with E-state index in [1.54, 1.807) is 0 Å². The molecule has 3 heteroatoms. The van der Waals surface area contributed by atoms with E-state index in [1.807, 2.05) is 11.3 Å². The Labute approximate surface area is 313 Å². The zero-order chi connectivity index (χ0) is 35.1. The smallest absolute Gasteiger partial charge is 0.0727 e. The minimum atomic E-state index is 1.12. The summed E-state index contributed by atoms with van der Waals surface area (Å²) < 4.78 is 5.07. The zero-order valence-corrected chi connectivity index (χ0v) is 29.7. The highest BCUT2D eigenvalue weighted by atomic mass is 32.1. The lowest BCUT2D eigenvalue weighted by Gasteiger charge is -2.26. The van der Waals surface area contributed by atoms with Crippen molar-refractivity contribution in [2.45, 2.75) is 0 Å². The molecule has 10 rings (SSSR count). The van der Waals surface area contributed by atoms with E-state index in [1.165, 1.54) is 70.3 Å². The third kappa shape index (κ3) is 5.50. The summed E-state index contributed by atoms with van der Waals surface area (Å²) in [4.78, 5) is 2.33. The van der Waals surface area contributed by atoms with Gasteiger partial charge in [-0.1, -0.05) is 152 Å². The lowest BCUT2D eigenvalue weighted by molar-refractivity contribution is 1.19. The molecule has 0 radical (unpaired) electrons. The zero-order valence-electron chi connectivity index (χ0n) is 28.9. The summed E-state index contributed by atoms with van der Waals surface area (Å²) in [7, 11) is 0. The highest BCUT2D eigenvalue weighted by molar-refractivity contribution is 7.27. The Morgan fingerprint density at radius 2 is 0.811 bits per heavy atom. The second-order valence-electron chi connectivity index (χ2n) is 13.4. The lowest BCUT2D eigenvalue weighted by Crippen LogP contribution is -2.09. The molecular formula is C50H34N2S. The standard InChI is InChI=1S/C50H34N2S/c1-4-13-35(14-5-1)36-23-25-37(26-24-36)38-27-31-42(32-28-38)51(40-15-6-2-7-16-40)43-33-29-39(30-34-43)44-20-12-21-46-48-50(53-49(44)46)45-19-10-11-22-47(45)52(48)41-17-8-3-9-18-41/h1-34H. The van der Waals surface area contributed by atoms with E-state index in [2.05, 4.69) is 216 Å². The molecule has 0 fully saturated rings. The Bertz CT molecular complexity index is 2840. The fourth-order valence-corrected chi connectivity index (χ4v) is 9.02. The molecule has 250 valence electrons. The predicted molar refractivity (Wildman–Crippen MR) is 227 cm³/mol. The van der Waals surface area contributed by atoms with Crippen molar-refractivity contribution >= 4 is 59.6 Å². The van der Waals surface area contributed by atoms with E-state index in [-0.39, 0.29) is 0 Å². The average molecular weight is 695 g/mol. The summed E-state index contributed by atoms with van der Waals surface area (Å²) >= 11 is 1.90. The molecule has 0 amide bonds. The van der Waals surface area contributed by atoms with Gasteiger partial charge in [0.25, 0.3) is 0 Å². The number of hydrogen-bond acceptors (Lipinski definition) is 2. The Hall–Kier alpha value is -6.68. The molecule has 0 saturated carbocycles. The number of benzene rings is 8. The van der Waals surface area contributed by atoms with Crippen LogP contribution in [0.2, 0.25) is 0 Å². The first-order valence-corrected chi connectivity index (χ1v) is 18.8. The summed E-state index contributed by atoms with van der Waals surface area (Å²) in [5.74, 6) is 0. The van der Waals surface area contributed by atoms with Crippen LogP contribution < -0.4 is 4.90 Å². The highest BCUT2D eigenvalue weighted by Crippen LogP contribution is 2.46. The monoisotopic (exact) mass is 694 g/mol. The molecule has 2 heterocycles. The minimum absolute atomic E-state index is 1.12. The number of nitrogens with zero attached hydrogens (tertiary/aromatic N) is 2. The second-order valence-corrected chi connectivity index (χ2v) is 14.4. The average Bonchev–Trinajstić information content (AvgIpc) is 3.78. The third-order valence-corrected chi connectivity index (χ3v) is 11.5. The number of rotatable bonds is 7. The van der Waals surface area contributed by atoms with Crippen molar-refractivity contribution in [2.75, 3.05) is 4.90 Å². The summed E-state index contributed by atoms with van der Waals surface area (Å²) in [6.07, 6.45) is 0. The normalized spacial score (nSPS) is 11.4. The third-order valence-electron chi connectivity index (χ3n) is 10.2. The summed E-state index contributed by atoms with van der Waals surface area (Å²) in [6, 6.07) is 74.2. The molecule has 0 unspecified atom stereocenters. The molecule has 53 heavy (non-hydrogen) atoms. The minimum Gasteiger partial charge on any atom is -0.311 e. The summed E-state index contributed by atoms with van der Waals surface area (Å²) in [5, 5.41) is 2.58. The molecule has 0 aliphatic carbocycles. The van der Waals surface area contributed by atoms with Gasteiger partial charge in [-0.15, -0.1) is 11.3 Å². The van der Waals surface area contributed by atoms with Crippen molar-refractivity contribution in [3.8, 4) is 39.1 Å². The largest absolute Gasteiger partial charge is 0.311 e. The van der Waals surface area contributed by atoms with Gasteiger partial charge in [-0.2, -0.15) is 0 Å². The van der Waals surface area contributed by atoms with Crippen molar-refractivity contribution < 1.29 is 0 Å². The van der Waals surface area contributed by atoms with Crippen LogP contribution in [0, 0.1) is 0 Å². The molecule has 8 aromatic carbocycles. The number of fused-ring (bicyclic) bond motifs is 5. The quantitative estimate of drug-likeness (QED) is 0.161. The van der Waals surface area contributed by atoms with Crippen LogP contribution in [0.15, 0.2) is 206 Å². The van der Waals surface area contributed by atoms with E-state index in [4.69, 9.17) is 0 Å². The van der Waals surface area contributed by atoms with Crippen LogP contribution in [0.5, 0.6) is 0 Å². The predicted octanol–water partition coefficient (Wildman–Crippen LogP) is 14.5. The molecule has 0 saturated heterocycles. The van der Waals surface area contributed by atoms with Crippen LogP contribution in [0.3, 0.4) is 0 Å². The van der Waals surface area contributed by atoms with Gasteiger partial charge in [0, 0.05) is 38.2 Å². The second kappa shape index (κ2) is 13.1. The maximum absolute atomic E-state index is 2.43. The molecule has 0 atom stereocenters. The summed E-state index contributed by atoms with van der Waals surface area (Å²) in [6.45, 7) is 0. The van der Waals surface area contributed by atoms with Gasteiger partial charge in [0.1, 0.15) is 0 Å². The first-order chi connectivity index (χ1) is 26.3. The molecular weight excluding hydrogens is 661 g/mol. The molecule has 0 spiro atoms. The molecule has 0 bridgehead atoms. The molecule has 0 aliphatic rings. The van der Waals surface area contributed by atoms with Crippen LogP contribution >= 0.6 is 11.3 Å². The van der Waals surface area contributed by atoms with Crippen molar-refractivity contribution in [3.63, 3.8) is 0 Å². The van der Waals surface area contributed by atoms with Crippen LogP contribution in [-0.2, 0) is 0 Å². The van der Waals surface area contributed by atoms with Gasteiger partial charge in [0.15, 0.2) is 0 Å². The van der Waals surface area contributed by atoms with Crippen molar-refractivity contribution in [2.24, 2.45) is 0 Å². The maximum atomic E-state index is 2.43. The number of aromatic nitrogens is 1. The first-order valence-electron chi connectivity index (χ1n) is 18.0. The van der Waals surface area contributed by atoms with Gasteiger partial charge < -0.3 is 9.47 Å². The number of thiophene rings is 1. The van der Waals surface area contributed by atoms with Gasteiger partial charge in [-0.3, -0.25) is 0 Å². The Morgan fingerprint density at radius 3 is 1.45 bits per heavy atom. The Balaban J connectivity index is 1.02. The number of para-hydroxylation sites is 3. The van der Waals surface area contributed by atoms with Crippen molar-refractivity contribution in [3.05, 3.63) is 206 Å². The topological polar surface area (TPSA) is 8.17 Å². The van der Waals surface area contributed by atoms with Gasteiger partial charge in [-0.05, 0) is 88.0 Å². The van der Waals surface area contributed by atoms with Crippen LogP contribution in [-0.4, -0.2) is 4.57 Å². The fraction of sp³-hybridized carbons (Fsp3) is 0. The molecule has 2 aromatic heterocycles. The number of hydrogen-bond donors (Lipinski definition) is 0. The Morgan fingerprint density at radius 1 is 0.340 bits per heavy atom. The van der Waals surface area contributed by atoms with Gasteiger partial charge in [-0.25, -0.2) is 0 Å². The van der Waals surface area contributed by atoms with Gasteiger partial charge >= 0.3 is 0 Å². The van der Waals surface area contributed by atoms with Crippen molar-refractivity contribution in [1.82, 2.24) is 4.57 Å². The van der Waals surface area contributed by atoms with E-state index in [9.17, 15) is 0 Å². The highest BCUT2D eigenvalue weighted by Gasteiger charge is 2.20. The van der Waals surface area contributed by atoms with Gasteiger partial charge in [0.2, 0.25) is 0 Å². The lowest BCUT2D eigenvalue weighted by atomic mass is 10.00. The van der Waals surface area contributed by atoms with E-state index in [0.717, 1.165) is 17.1 Å². The Kier molecular flexibility index (Phi) is 7.71. The maximum Gasteiger partial charge on any atom is 0.0727 e. The number of anilines is 3. The van der Waals surface area contributed by atoms with Crippen LogP contribution in [0.4, 0.5) is 17.1 Å². The SMILES string of the molecule is c1ccc(-c2ccc(-c3ccc(N(c4ccccc4)c4ccc(-c5cccc6c5sc5c7ccccc7n(-c7ccccc7)c65)cc4)cc3)cc2)cc1. The van der Waals surface area contributed by atoms with E-state index < -0.39 is 0 Å². The van der Waals surface area contributed by atoms with E-state index >= 15 is 0 Å². The van der Waals surface area contributed by atoms with Crippen molar-refractivity contribution in [1.29, 1.82) is 0 Å². The fourth-order valence-electron chi connectivity index (χ4n) is 7.67.